The number of rotatable bonds is 4. The van der Waals surface area contributed by atoms with Crippen LogP contribution in [0.15, 0.2) is 0 Å². The van der Waals surface area contributed by atoms with Crippen molar-refractivity contribution in [3.8, 4) is 0 Å². The van der Waals surface area contributed by atoms with Gasteiger partial charge < -0.3 is 19.7 Å². The third-order valence-electron chi connectivity index (χ3n) is 1.15. The second-order valence-electron chi connectivity index (χ2n) is 2.41. The molecule has 0 heterocycles. The van der Waals surface area contributed by atoms with Crippen molar-refractivity contribution in [2.24, 2.45) is 0 Å². The maximum Gasteiger partial charge on any atom is 0.0726 e. The third kappa shape index (κ3) is 91.0. The molecule has 90 valence electrons. The van der Waals surface area contributed by atoms with Crippen molar-refractivity contribution in [3.63, 3.8) is 0 Å². The van der Waals surface area contributed by atoms with Crippen molar-refractivity contribution in [3.05, 3.63) is 0 Å². The minimum atomic E-state index is -3.11. The van der Waals surface area contributed by atoms with Gasteiger partial charge in [0, 0.05) is 0 Å². The fourth-order valence-electron chi connectivity index (χ4n) is 0.577. The van der Waals surface area contributed by atoms with Crippen LogP contribution in [0, 0.1) is 0 Å². The van der Waals surface area contributed by atoms with Gasteiger partial charge in [0.25, 0.3) is 0 Å². The van der Waals surface area contributed by atoms with Gasteiger partial charge in [0.2, 0.25) is 0 Å². The van der Waals surface area contributed by atoms with Crippen molar-refractivity contribution < 1.29 is 23.9 Å². The van der Waals surface area contributed by atoms with Crippen LogP contribution in [0.5, 0.6) is 0 Å². The first kappa shape index (κ1) is 19.5. The van der Waals surface area contributed by atoms with Crippen molar-refractivity contribution >= 4 is 11.4 Å². The summed E-state index contributed by atoms with van der Waals surface area (Å²) in [5, 5.41) is 4.50. The van der Waals surface area contributed by atoms with Crippen LogP contribution in [0.4, 0.5) is 0 Å². The van der Waals surface area contributed by atoms with E-state index in [4.69, 9.17) is 13.3 Å². The van der Waals surface area contributed by atoms with Crippen molar-refractivity contribution in [2.45, 2.75) is 27.7 Å². The molecular weight excluding hydrogens is 204 g/mol. The molecule has 0 rings (SSSR count). The van der Waals surface area contributed by atoms with Crippen LogP contribution in [0.1, 0.15) is 27.7 Å². The van der Waals surface area contributed by atoms with Crippen LogP contribution < -0.4 is 10.6 Å². The van der Waals surface area contributed by atoms with E-state index >= 15 is 0 Å². The zero-order chi connectivity index (χ0) is 11.8. The Bertz CT molecular complexity index is 90.6. The summed E-state index contributed by atoms with van der Waals surface area (Å²) in [6.45, 7) is 13.5. The average molecular weight is 228 g/mol. The Hall–Kier alpha value is -0.0100. The van der Waals surface area contributed by atoms with Gasteiger partial charge in [-0.3, -0.25) is 4.21 Å². The summed E-state index contributed by atoms with van der Waals surface area (Å²) in [5.74, 6) is 0. The zero-order valence-corrected chi connectivity index (χ0v) is 10.4. The lowest BCUT2D eigenvalue weighted by molar-refractivity contribution is -0.648. The second kappa shape index (κ2) is 23.1. The first-order valence-corrected chi connectivity index (χ1v) is 5.96. The van der Waals surface area contributed by atoms with Gasteiger partial charge in [-0.25, -0.2) is 0 Å². The van der Waals surface area contributed by atoms with E-state index < -0.39 is 11.4 Å². The van der Waals surface area contributed by atoms with Gasteiger partial charge in [0.15, 0.2) is 0 Å². The van der Waals surface area contributed by atoms with Gasteiger partial charge in [-0.05, 0) is 27.7 Å². The highest BCUT2D eigenvalue weighted by molar-refractivity contribution is 7.72. The van der Waals surface area contributed by atoms with E-state index in [1.807, 2.05) is 0 Å². The molecule has 0 bridgehead atoms. The fourth-order valence-corrected chi connectivity index (χ4v) is 0.577. The van der Waals surface area contributed by atoms with Crippen LogP contribution in [-0.4, -0.2) is 39.5 Å². The Balaban J connectivity index is -0.000000131. The summed E-state index contributed by atoms with van der Waals surface area (Å²) in [6.07, 6.45) is 0. The average Bonchev–Trinajstić information content (AvgIpc) is 2.07. The number of quaternary nitrogens is 2. The Labute approximate surface area is 89.8 Å². The number of hydrogen-bond acceptors (Lipinski definition) is 3. The SMILES string of the molecule is CC[NH2+]CC.CC[NH2+]CC.O=S([O-])[O-]. The Morgan fingerprint density at radius 1 is 0.857 bits per heavy atom. The highest BCUT2D eigenvalue weighted by Crippen LogP contribution is 1.42. The summed E-state index contributed by atoms with van der Waals surface area (Å²) in [5.41, 5.74) is 0. The quantitative estimate of drug-likeness (QED) is 0.554. The van der Waals surface area contributed by atoms with E-state index in [2.05, 4.69) is 38.3 Å². The van der Waals surface area contributed by atoms with Gasteiger partial charge in [0.1, 0.15) is 0 Å². The van der Waals surface area contributed by atoms with E-state index in [0.717, 1.165) is 0 Å². The molecule has 0 atom stereocenters. The third-order valence-corrected chi connectivity index (χ3v) is 1.15. The molecule has 0 saturated heterocycles. The first-order valence-electron chi connectivity index (χ1n) is 4.96. The molecule has 0 spiro atoms. The topological polar surface area (TPSA) is 96.4 Å². The fraction of sp³-hybridized carbons (Fsp3) is 1.00. The van der Waals surface area contributed by atoms with Crippen LogP contribution >= 0.6 is 0 Å². The molecular formula is C8H24N2O3S. The van der Waals surface area contributed by atoms with Gasteiger partial charge in [0.05, 0.1) is 26.2 Å². The Kier molecular flexibility index (Phi) is 32.3. The molecule has 5 nitrogen and oxygen atoms in total. The second-order valence-corrected chi connectivity index (χ2v) is 2.82. The lowest BCUT2D eigenvalue weighted by atomic mass is 10.7. The van der Waals surface area contributed by atoms with Gasteiger partial charge in [-0.15, -0.1) is 11.4 Å². The molecule has 0 radical (unpaired) electrons. The molecule has 0 aromatic carbocycles. The summed E-state index contributed by atoms with van der Waals surface area (Å²) in [6, 6.07) is 0. The molecule has 0 aliphatic heterocycles. The first-order chi connectivity index (χ1) is 6.56. The summed E-state index contributed by atoms with van der Waals surface area (Å²) >= 11 is -3.11. The minimum Gasteiger partial charge on any atom is -0.784 e. The predicted octanol–water partition coefficient (Wildman–Crippen LogP) is -1.82. The maximum absolute atomic E-state index is 8.44. The number of hydrogen-bond donors (Lipinski definition) is 2. The van der Waals surface area contributed by atoms with Crippen LogP contribution in [-0.2, 0) is 11.4 Å². The molecule has 0 saturated carbocycles. The zero-order valence-electron chi connectivity index (χ0n) is 9.62. The lowest BCUT2D eigenvalue weighted by Crippen LogP contribution is -2.82. The summed E-state index contributed by atoms with van der Waals surface area (Å²) in [7, 11) is 0. The van der Waals surface area contributed by atoms with Gasteiger partial charge in [-0.2, -0.15) is 0 Å². The molecule has 0 unspecified atom stereocenters. The van der Waals surface area contributed by atoms with E-state index in [1.54, 1.807) is 0 Å². The van der Waals surface area contributed by atoms with Crippen LogP contribution in [0.2, 0.25) is 0 Å². The monoisotopic (exact) mass is 228 g/mol. The molecule has 0 aliphatic carbocycles. The smallest absolute Gasteiger partial charge is 0.0726 e. The van der Waals surface area contributed by atoms with E-state index in [1.165, 1.54) is 26.2 Å². The van der Waals surface area contributed by atoms with Gasteiger partial charge in [-0.1, -0.05) is 0 Å². The molecule has 0 aromatic heterocycles. The minimum absolute atomic E-state index is 1.22. The molecule has 0 aliphatic rings. The van der Waals surface area contributed by atoms with Crippen molar-refractivity contribution in [2.75, 3.05) is 26.2 Å². The molecule has 4 N–H and O–H groups in total. The normalized spacial score (nSPS) is 8.50. The van der Waals surface area contributed by atoms with E-state index in [0.29, 0.717) is 0 Å². The highest BCUT2D eigenvalue weighted by Gasteiger charge is 1.67. The predicted molar refractivity (Wildman–Crippen MR) is 55.7 cm³/mol. The van der Waals surface area contributed by atoms with E-state index in [-0.39, 0.29) is 0 Å². The van der Waals surface area contributed by atoms with Crippen molar-refractivity contribution in [1.82, 2.24) is 0 Å². The van der Waals surface area contributed by atoms with Crippen LogP contribution in [0.25, 0.3) is 0 Å². The molecule has 0 aromatic rings. The highest BCUT2D eigenvalue weighted by atomic mass is 32.2. The van der Waals surface area contributed by atoms with E-state index in [9.17, 15) is 0 Å². The van der Waals surface area contributed by atoms with Crippen LogP contribution in [0.3, 0.4) is 0 Å². The largest absolute Gasteiger partial charge is 0.784 e. The standard InChI is InChI=1S/2C4H11N.H2O3S/c2*1-3-5-4-2;1-4(2)3/h2*5H,3-4H2,1-2H3;(H2,1,2,3). The maximum atomic E-state index is 8.44. The lowest BCUT2D eigenvalue weighted by Gasteiger charge is -2.03. The molecule has 0 amide bonds. The summed E-state index contributed by atoms with van der Waals surface area (Å²) in [4.78, 5) is 0. The van der Waals surface area contributed by atoms with Gasteiger partial charge >= 0.3 is 0 Å². The van der Waals surface area contributed by atoms with Crippen molar-refractivity contribution in [1.29, 1.82) is 0 Å². The molecule has 14 heavy (non-hydrogen) atoms. The molecule has 6 heteroatoms. The molecule has 0 fully saturated rings. The Morgan fingerprint density at radius 2 is 1.00 bits per heavy atom. The Morgan fingerprint density at radius 3 is 1.00 bits per heavy atom. The summed E-state index contributed by atoms with van der Waals surface area (Å²) < 4.78 is 25.3. The number of nitrogens with two attached hydrogens (primary N) is 2.